The highest BCUT2D eigenvalue weighted by Gasteiger charge is 2.28. The molecule has 2 fully saturated rings. The number of rotatable bonds is 6. The van der Waals surface area contributed by atoms with Crippen LogP contribution in [0.5, 0.6) is 0 Å². The molecule has 2 saturated heterocycles. The van der Waals surface area contributed by atoms with Crippen LogP contribution < -0.4 is 0 Å². The summed E-state index contributed by atoms with van der Waals surface area (Å²) in [6.07, 6.45) is 3.36. The number of carbonyl (C=O) groups is 1. The van der Waals surface area contributed by atoms with Crippen molar-refractivity contribution in [2.24, 2.45) is 5.92 Å². The molecule has 122 valence electrons. The standard InChI is InChI=1S/C16H31N3O2/c1-4-21-13-14-5-9-19(10-6-14)16(20)12-18-8-7-15(11-18)17(2)3/h14-15H,4-13H2,1-3H3/t15-/m1/s1. The number of hydrogen-bond donors (Lipinski definition) is 0. The second-order valence-electron chi connectivity index (χ2n) is 6.62. The van der Waals surface area contributed by atoms with Gasteiger partial charge in [-0.1, -0.05) is 0 Å². The van der Waals surface area contributed by atoms with Crippen molar-refractivity contribution in [1.29, 1.82) is 0 Å². The molecule has 2 rings (SSSR count). The first kappa shape index (κ1) is 16.7. The molecule has 0 N–H and O–H groups in total. The number of hydrogen-bond acceptors (Lipinski definition) is 4. The fourth-order valence-electron chi connectivity index (χ4n) is 3.30. The van der Waals surface area contributed by atoms with Crippen LogP contribution in [0.1, 0.15) is 26.2 Å². The second-order valence-corrected chi connectivity index (χ2v) is 6.62. The van der Waals surface area contributed by atoms with Crippen LogP contribution in [0.4, 0.5) is 0 Å². The third kappa shape index (κ3) is 4.94. The molecule has 0 saturated carbocycles. The highest BCUT2D eigenvalue weighted by molar-refractivity contribution is 5.78. The van der Waals surface area contributed by atoms with E-state index >= 15 is 0 Å². The Morgan fingerprint density at radius 1 is 1.19 bits per heavy atom. The molecule has 2 heterocycles. The first-order valence-electron chi connectivity index (χ1n) is 8.34. The number of likely N-dealkylation sites (N-methyl/N-ethyl adjacent to an activating group) is 1. The van der Waals surface area contributed by atoms with Gasteiger partial charge >= 0.3 is 0 Å². The molecule has 0 unspecified atom stereocenters. The third-order valence-electron chi connectivity index (χ3n) is 4.86. The molecular formula is C16H31N3O2. The van der Waals surface area contributed by atoms with Crippen molar-refractivity contribution < 1.29 is 9.53 Å². The SMILES string of the molecule is CCOCC1CCN(C(=O)CN2CC[C@@H](N(C)C)C2)CC1. The van der Waals surface area contributed by atoms with E-state index in [4.69, 9.17) is 4.74 Å². The molecule has 1 atom stereocenters. The van der Waals surface area contributed by atoms with Gasteiger partial charge in [0.15, 0.2) is 0 Å². The summed E-state index contributed by atoms with van der Waals surface area (Å²) in [5.41, 5.74) is 0. The van der Waals surface area contributed by atoms with Gasteiger partial charge in [0.1, 0.15) is 0 Å². The summed E-state index contributed by atoms with van der Waals surface area (Å²) in [5.74, 6) is 0.947. The Hall–Kier alpha value is -0.650. The zero-order chi connectivity index (χ0) is 15.2. The fraction of sp³-hybridized carbons (Fsp3) is 0.938. The topological polar surface area (TPSA) is 36.0 Å². The summed E-state index contributed by atoms with van der Waals surface area (Å²) in [5, 5.41) is 0. The maximum absolute atomic E-state index is 12.4. The van der Waals surface area contributed by atoms with Gasteiger partial charge in [-0.3, -0.25) is 9.69 Å². The Bertz CT molecular complexity index is 327. The van der Waals surface area contributed by atoms with E-state index in [1.54, 1.807) is 0 Å². The van der Waals surface area contributed by atoms with Crippen molar-refractivity contribution in [3.8, 4) is 0 Å². The van der Waals surface area contributed by atoms with E-state index < -0.39 is 0 Å². The summed E-state index contributed by atoms with van der Waals surface area (Å²) in [7, 11) is 4.25. The molecular weight excluding hydrogens is 266 g/mol. The molecule has 2 aliphatic heterocycles. The highest BCUT2D eigenvalue weighted by Crippen LogP contribution is 2.19. The molecule has 0 bridgehead atoms. The maximum Gasteiger partial charge on any atom is 0.236 e. The molecule has 0 aromatic carbocycles. The van der Waals surface area contributed by atoms with E-state index in [0.29, 0.717) is 24.4 Å². The summed E-state index contributed by atoms with van der Waals surface area (Å²) in [6.45, 7) is 8.17. The minimum absolute atomic E-state index is 0.310. The van der Waals surface area contributed by atoms with Crippen LogP contribution >= 0.6 is 0 Å². The third-order valence-corrected chi connectivity index (χ3v) is 4.86. The number of piperidine rings is 1. The van der Waals surface area contributed by atoms with Crippen LogP contribution in [0.2, 0.25) is 0 Å². The Labute approximate surface area is 129 Å². The summed E-state index contributed by atoms with van der Waals surface area (Å²) < 4.78 is 5.49. The van der Waals surface area contributed by atoms with Gasteiger partial charge in [0, 0.05) is 45.4 Å². The Kier molecular flexibility index (Phi) is 6.45. The molecule has 0 aliphatic carbocycles. The summed E-state index contributed by atoms with van der Waals surface area (Å²) >= 11 is 0. The lowest BCUT2D eigenvalue weighted by Crippen LogP contribution is -2.44. The predicted octanol–water partition coefficient (Wildman–Crippen LogP) is 0.897. The van der Waals surface area contributed by atoms with Gasteiger partial charge in [-0.2, -0.15) is 0 Å². The van der Waals surface area contributed by atoms with Crippen molar-refractivity contribution in [3.63, 3.8) is 0 Å². The van der Waals surface area contributed by atoms with E-state index in [1.165, 1.54) is 6.42 Å². The van der Waals surface area contributed by atoms with Crippen LogP contribution in [0, 0.1) is 5.92 Å². The van der Waals surface area contributed by atoms with E-state index in [2.05, 4.69) is 23.9 Å². The number of amides is 1. The summed E-state index contributed by atoms with van der Waals surface area (Å²) in [6, 6.07) is 0.606. The normalized spacial score (nSPS) is 25.0. The number of likely N-dealkylation sites (tertiary alicyclic amines) is 2. The van der Waals surface area contributed by atoms with Gasteiger partial charge < -0.3 is 14.5 Å². The number of carbonyl (C=O) groups excluding carboxylic acids is 1. The van der Waals surface area contributed by atoms with Crippen LogP contribution in [0.15, 0.2) is 0 Å². The lowest BCUT2D eigenvalue weighted by molar-refractivity contribution is -0.133. The lowest BCUT2D eigenvalue weighted by atomic mass is 9.98. The van der Waals surface area contributed by atoms with E-state index in [0.717, 1.165) is 52.2 Å². The average Bonchev–Trinajstić information content (AvgIpc) is 2.94. The Balaban J connectivity index is 1.68. The zero-order valence-electron chi connectivity index (χ0n) is 13.9. The molecule has 1 amide bonds. The van der Waals surface area contributed by atoms with E-state index in [9.17, 15) is 4.79 Å². The predicted molar refractivity (Wildman–Crippen MR) is 84.3 cm³/mol. The second kappa shape index (κ2) is 8.11. The molecule has 0 aromatic heterocycles. The molecule has 2 aliphatic rings. The van der Waals surface area contributed by atoms with Crippen LogP contribution in [0.3, 0.4) is 0 Å². The van der Waals surface area contributed by atoms with Gasteiger partial charge in [0.2, 0.25) is 5.91 Å². The number of nitrogens with zero attached hydrogens (tertiary/aromatic N) is 3. The Morgan fingerprint density at radius 3 is 2.48 bits per heavy atom. The molecule has 0 radical (unpaired) electrons. The minimum atomic E-state index is 0.310. The number of ether oxygens (including phenoxy) is 1. The maximum atomic E-state index is 12.4. The van der Waals surface area contributed by atoms with Crippen LogP contribution in [-0.4, -0.2) is 86.7 Å². The molecule has 21 heavy (non-hydrogen) atoms. The minimum Gasteiger partial charge on any atom is -0.381 e. The first-order chi connectivity index (χ1) is 10.1. The van der Waals surface area contributed by atoms with Crippen molar-refractivity contribution in [2.45, 2.75) is 32.2 Å². The van der Waals surface area contributed by atoms with Gasteiger partial charge in [0.25, 0.3) is 0 Å². The van der Waals surface area contributed by atoms with Gasteiger partial charge in [-0.05, 0) is 46.2 Å². The van der Waals surface area contributed by atoms with Crippen molar-refractivity contribution in [1.82, 2.24) is 14.7 Å². The monoisotopic (exact) mass is 297 g/mol. The zero-order valence-corrected chi connectivity index (χ0v) is 13.9. The van der Waals surface area contributed by atoms with Gasteiger partial charge in [-0.15, -0.1) is 0 Å². The molecule has 0 aromatic rings. The van der Waals surface area contributed by atoms with Crippen LogP contribution in [0.25, 0.3) is 0 Å². The molecule has 0 spiro atoms. The fourth-order valence-corrected chi connectivity index (χ4v) is 3.30. The van der Waals surface area contributed by atoms with Gasteiger partial charge in [0.05, 0.1) is 6.54 Å². The average molecular weight is 297 g/mol. The van der Waals surface area contributed by atoms with Crippen molar-refractivity contribution in [3.05, 3.63) is 0 Å². The lowest BCUT2D eigenvalue weighted by Gasteiger charge is -2.33. The summed E-state index contributed by atoms with van der Waals surface area (Å²) in [4.78, 5) is 19.0. The highest BCUT2D eigenvalue weighted by atomic mass is 16.5. The van der Waals surface area contributed by atoms with Crippen LogP contribution in [-0.2, 0) is 9.53 Å². The van der Waals surface area contributed by atoms with Gasteiger partial charge in [-0.25, -0.2) is 0 Å². The largest absolute Gasteiger partial charge is 0.381 e. The van der Waals surface area contributed by atoms with Crippen molar-refractivity contribution >= 4 is 5.91 Å². The van der Waals surface area contributed by atoms with Crippen molar-refractivity contribution in [2.75, 3.05) is 60.0 Å². The van der Waals surface area contributed by atoms with E-state index in [-0.39, 0.29) is 0 Å². The smallest absolute Gasteiger partial charge is 0.236 e. The molecule has 5 nitrogen and oxygen atoms in total. The Morgan fingerprint density at radius 2 is 1.90 bits per heavy atom. The van der Waals surface area contributed by atoms with E-state index in [1.807, 2.05) is 11.8 Å². The quantitative estimate of drug-likeness (QED) is 0.730. The first-order valence-corrected chi connectivity index (χ1v) is 8.34. The molecule has 5 heteroatoms.